The second-order valence-corrected chi connectivity index (χ2v) is 6.43. The summed E-state index contributed by atoms with van der Waals surface area (Å²) < 4.78 is 7.00. The number of ether oxygens (including phenoxy) is 1. The molecule has 3 rings (SSSR count). The summed E-state index contributed by atoms with van der Waals surface area (Å²) in [6, 6.07) is 4.09. The summed E-state index contributed by atoms with van der Waals surface area (Å²) in [6.45, 7) is 4.17. The lowest BCUT2D eigenvalue weighted by atomic mass is 9.98. The molecule has 86 valence electrons. The van der Waals surface area contributed by atoms with Crippen LogP contribution in [0, 0.1) is 0 Å². The zero-order chi connectivity index (χ0) is 11.6. The van der Waals surface area contributed by atoms with Gasteiger partial charge in [-0.05, 0) is 44.4 Å². The van der Waals surface area contributed by atoms with E-state index in [1.165, 1.54) is 5.56 Å². The maximum absolute atomic E-state index is 10.3. The molecule has 0 radical (unpaired) electrons. The Labute approximate surface area is 104 Å². The molecule has 3 heteroatoms. The Balaban J connectivity index is 2.14. The van der Waals surface area contributed by atoms with Crippen molar-refractivity contribution >= 4 is 15.9 Å². The Morgan fingerprint density at radius 3 is 2.62 bits per heavy atom. The van der Waals surface area contributed by atoms with Crippen LogP contribution in [0.5, 0.6) is 5.75 Å². The maximum atomic E-state index is 10.3. The van der Waals surface area contributed by atoms with Crippen molar-refractivity contribution in [2.45, 2.75) is 44.3 Å². The molecular weight excluding hydrogens is 268 g/mol. The molecule has 0 spiro atoms. The molecule has 1 aliphatic carbocycles. The second kappa shape index (κ2) is 3.02. The highest BCUT2D eigenvalue weighted by molar-refractivity contribution is 9.10. The summed E-state index contributed by atoms with van der Waals surface area (Å²) in [4.78, 5) is 0. The standard InChI is InChI=1S/C13H15BrO2/c1-12(2)7-8-5-9(14)6-10(11(8)16-12)13(15)3-4-13/h5-6,15H,3-4,7H2,1-2H3. The van der Waals surface area contributed by atoms with Gasteiger partial charge in [-0.25, -0.2) is 0 Å². The zero-order valence-corrected chi connectivity index (χ0v) is 11.1. The van der Waals surface area contributed by atoms with Gasteiger partial charge in [0, 0.05) is 16.5 Å². The highest BCUT2D eigenvalue weighted by Gasteiger charge is 2.47. The van der Waals surface area contributed by atoms with Crippen LogP contribution in [0.25, 0.3) is 0 Å². The molecule has 0 saturated heterocycles. The summed E-state index contributed by atoms with van der Waals surface area (Å²) >= 11 is 3.51. The fourth-order valence-corrected chi connectivity index (χ4v) is 2.91. The number of aliphatic hydroxyl groups is 1. The van der Waals surface area contributed by atoms with Gasteiger partial charge in [0.25, 0.3) is 0 Å². The van der Waals surface area contributed by atoms with Crippen LogP contribution in [0.3, 0.4) is 0 Å². The van der Waals surface area contributed by atoms with Gasteiger partial charge >= 0.3 is 0 Å². The third kappa shape index (κ3) is 1.57. The molecule has 2 nitrogen and oxygen atoms in total. The molecule has 1 aromatic rings. The molecule has 0 unspecified atom stereocenters. The molecule has 0 aromatic heterocycles. The Bertz CT molecular complexity index is 461. The van der Waals surface area contributed by atoms with E-state index in [2.05, 4.69) is 35.8 Å². The molecule has 0 amide bonds. The smallest absolute Gasteiger partial charge is 0.129 e. The van der Waals surface area contributed by atoms with E-state index in [0.29, 0.717) is 0 Å². The van der Waals surface area contributed by atoms with Crippen LogP contribution in [-0.4, -0.2) is 10.7 Å². The van der Waals surface area contributed by atoms with Crippen molar-refractivity contribution < 1.29 is 9.84 Å². The van der Waals surface area contributed by atoms with E-state index in [0.717, 1.165) is 35.0 Å². The first kappa shape index (κ1) is 10.6. The monoisotopic (exact) mass is 282 g/mol. The van der Waals surface area contributed by atoms with E-state index in [1.54, 1.807) is 0 Å². The van der Waals surface area contributed by atoms with E-state index in [1.807, 2.05) is 6.07 Å². The summed E-state index contributed by atoms with van der Waals surface area (Å²) in [5, 5.41) is 10.3. The fourth-order valence-electron chi connectivity index (χ4n) is 2.41. The molecule has 2 aliphatic rings. The molecule has 1 aliphatic heterocycles. The van der Waals surface area contributed by atoms with Crippen LogP contribution in [0.1, 0.15) is 37.8 Å². The van der Waals surface area contributed by atoms with Crippen LogP contribution in [0.15, 0.2) is 16.6 Å². The lowest BCUT2D eigenvalue weighted by Crippen LogP contribution is -2.25. The van der Waals surface area contributed by atoms with E-state index in [4.69, 9.17) is 4.74 Å². The van der Waals surface area contributed by atoms with E-state index < -0.39 is 5.60 Å². The highest BCUT2D eigenvalue weighted by Crippen LogP contribution is 2.53. The first-order valence-electron chi connectivity index (χ1n) is 5.64. The minimum Gasteiger partial charge on any atom is -0.487 e. The fraction of sp³-hybridized carbons (Fsp3) is 0.538. The highest BCUT2D eigenvalue weighted by atomic mass is 79.9. The van der Waals surface area contributed by atoms with Crippen LogP contribution >= 0.6 is 15.9 Å². The largest absolute Gasteiger partial charge is 0.487 e. The number of rotatable bonds is 1. The van der Waals surface area contributed by atoms with Crippen LogP contribution in [-0.2, 0) is 12.0 Å². The van der Waals surface area contributed by atoms with Crippen molar-refractivity contribution in [1.29, 1.82) is 0 Å². The normalized spacial score (nSPS) is 23.8. The lowest BCUT2D eigenvalue weighted by molar-refractivity contribution is 0.118. The summed E-state index contributed by atoms with van der Waals surface area (Å²) in [5.74, 6) is 0.910. The Morgan fingerprint density at radius 1 is 1.31 bits per heavy atom. The first-order chi connectivity index (χ1) is 7.40. The number of hydrogen-bond acceptors (Lipinski definition) is 2. The third-order valence-corrected chi connectivity index (χ3v) is 3.81. The number of halogens is 1. The van der Waals surface area contributed by atoms with Crippen LogP contribution in [0.4, 0.5) is 0 Å². The van der Waals surface area contributed by atoms with Crippen molar-refractivity contribution in [2.24, 2.45) is 0 Å². The van der Waals surface area contributed by atoms with Crippen LogP contribution in [0.2, 0.25) is 0 Å². The van der Waals surface area contributed by atoms with E-state index >= 15 is 0 Å². The average Bonchev–Trinajstić information content (AvgIpc) is 2.80. The quantitative estimate of drug-likeness (QED) is 0.858. The van der Waals surface area contributed by atoms with Gasteiger partial charge in [0.1, 0.15) is 11.4 Å². The molecule has 1 saturated carbocycles. The van der Waals surface area contributed by atoms with Gasteiger partial charge in [-0.15, -0.1) is 0 Å². The van der Waals surface area contributed by atoms with Crippen molar-refractivity contribution in [3.05, 3.63) is 27.7 Å². The molecule has 16 heavy (non-hydrogen) atoms. The minimum absolute atomic E-state index is 0.150. The molecule has 0 bridgehead atoms. The lowest BCUT2D eigenvalue weighted by Gasteiger charge is -2.19. The molecule has 0 atom stereocenters. The second-order valence-electron chi connectivity index (χ2n) is 5.51. The van der Waals surface area contributed by atoms with Gasteiger partial charge < -0.3 is 9.84 Å². The summed E-state index contributed by atoms with van der Waals surface area (Å²) in [5.41, 5.74) is 1.38. The van der Waals surface area contributed by atoms with Gasteiger partial charge in [0.15, 0.2) is 0 Å². The zero-order valence-electron chi connectivity index (χ0n) is 9.51. The Hall–Kier alpha value is -0.540. The summed E-state index contributed by atoms with van der Waals surface area (Å²) in [6.07, 6.45) is 2.60. The van der Waals surface area contributed by atoms with Crippen LogP contribution < -0.4 is 4.74 Å². The van der Waals surface area contributed by atoms with Gasteiger partial charge in [-0.3, -0.25) is 0 Å². The van der Waals surface area contributed by atoms with E-state index in [9.17, 15) is 5.11 Å². The minimum atomic E-state index is -0.631. The molecule has 1 aromatic carbocycles. The van der Waals surface area contributed by atoms with Gasteiger partial charge in [-0.2, -0.15) is 0 Å². The molecular formula is C13H15BrO2. The number of benzene rings is 1. The first-order valence-corrected chi connectivity index (χ1v) is 6.43. The molecule has 1 N–H and O–H groups in total. The van der Waals surface area contributed by atoms with Crippen molar-refractivity contribution in [2.75, 3.05) is 0 Å². The number of hydrogen-bond donors (Lipinski definition) is 1. The maximum Gasteiger partial charge on any atom is 0.129 e. The molecule has 1 fully saturated rings. The summed E-state index contributed by atoms with van der Waals surface area (Å²) in [7, 11) is 0. The van der Waals surface area contributed by atoms with Gasteiger partial charge in [-0.1, -0.05) is 15.9 Å². The average molecular weight is 283 g/mol. The predicted molar refractivity (Wildman–Crippen MR) is 65.7 cm³/mol. The van der Waals surface area contributed by atoms with Crippen molar-refractivity contribution in [3.63, 3.8) is 0 Å². The van der Waals surface area contributed by atoms with Gasteiger partial charge in [0.2, 0.25) is 0 Å². The third-order valence-electron chi connectivity index (χ3n) is 3.35. The Kier molecular flexibility index (Phi) is 2.00. The SMILES string of the molecule is CC1(C)Cc2cc(Br)cc(C3(O)CC3)c2O1. The predicted octanol–water partition coefficient (Wildman–Crippen LogP) is 3.14. The van der Waals surface area contributed by atoms with Crippen molar-refractivity contribution in [3.8, 4) is 5.75 Å². The Morgan fingerprint density at radius 2 is 2.00 bits per heavy atom. The van der Waals surface area contributed by atoms with E-state index in [-0.39, 0.29) is 5.60 Å². The van der Waals surface area contributed by atoms with Crippen molar-refractivity contribution in [1.82, 2.24) is 0 Å². The number of fused-ring (bicyclic) bond motifs is 1. The van der Waals surface area contributed by atoms with Gasteiger partial charge in [0.05, 0.1) is 5.60 Å². The topological polar surface area (TPSA) is 29.5 Å². The molecule has 1 heterocycles.